The fourth-order valence-electron chi connectivity index (χ4n) is 9.24. The van der Waals surface area contributed by atoms with E-state index in [2.05, 4.69) is 0 Å². The first-order valence-corrected chi connectivity index (χ1v) is 21.2. The normalized spacial score (nSPS) is 11.8. The second-order valence-electron chi connectivity index (χ2n) is 16.2. The van der Waals surface area contributed by atoms with E-state index in [0.29, 0.717) is 44.5 Å². The number of nitriles is 2. The van der Waals surface area contributed by atoms with Crippen molar-refractivity contribution in [2.24, 2.45) is 0 Å². The van der Waals surface area contributed by atoms with Gasteiger partial charge in [0.05, 0.1) is 57.1 Å². The molecule has 0 atom stereocenters. The first-order valence-electron chi connectivity index (χ1n) is 21.2. The molecule has 0 N–H and O–H groups in total. The Morgan fingerprint density at radius 1 is 0.386 bits per heavy atom. The van der Waals surface area contributed by atoms with Crippen LogP contribution in [0.4, 0.5) is 78.0 Å². The van der Waals surface area contributed by atoms with E-state index in [0.717, 1.165) is 48.5 Å². The van der Waals surface area contributed by atoms with E-state index in [4.69, 9.17) is 0 Å². The van der Waals surface area contributed by atoms with E-state index < -0.39 is 80.4 Å². The molecule has 0 aromatic heterocycles. The lowest BCUT2D eigenvalue weighted by Crippen LogP contribution is -2.16. The van der Waals surface area contributed by atoms with Crippen LogP contribution in [0.15, 0.2) is 170 Å². The van der Waals surface area contributed by atoms with E-state index in [1.54, 1.807) is 48.5 Å². The number of nitrogens with zero attached hydrogens (tertiary/aromatic N) is 4. The Morgan fingerprint density at radius 2 is 0.743 bits per heavy atom. The SMILES string of the molecule is N#Cc1ccc(N(c2c(F)cc(F)cc2-c2ccccc2C(F)(F)F)c2ccc3ccc4c(N(c5ccc(C#N)cc5)c5c(F)cc(F)cc5-c5ccccc5C(F)(F)F)ccc5ccc2c3c54)cc1. The molecule has 0 heterocycles. The molecule has 0 aliphatic heterocycles. The minimum atomic E-state index is -4.94. The molecule has 4 nitrogen and oxygen atoms in total. The van der Waals surface area contributed by atoms with E-state index in [9.17, 15) is 36.9 Å². The molecule has 70 heavy (non-hydrogen) atoms. The second kappa shape index (κ2) is 17.0. The summed E-state index contributed by atoms with van der Waals surface area (Å²) in [6, 6.07) is 40.6. The predicted octanol–water partition coefficient (Wildman–Crippen LogP) is 17.2. The number of anilines is 6. The van der Waals surface area contributed by atoms with Gasteiger partial charge in [0.15, 0.2) is 11.6 Å². The zero-order chi connectivity index (χ0) is 49.2. The number of alkyl halides is 6. The number of hydrogen-bond donors (Lipinski definition) is 0. The lowest BCUT2D eigenvalue weighted by molar-refractivity contribution is -0.137. The summed E-state index contributed by atoms with van der Waals surface area (Å²) in [6.45, 7) is 0. The molecule has 0 saturated carbocycles. The number of benzene rings is 10. The van der Waals surface area contributed by atoms with Gasteiger partial charge in [-0.15, -0.1) is 0 Å². The Bertz CT molecular complexity index is 3530. The van der Waals surface area contributed by atoms with Crippen LogP contribution in [0.3, 0.4) is 0 Å². The van der Waals surface area contributed by atoms with Gasteiger partial charge in [0.1, 0.15) is 11.6 Å². The molecule has 0 spiro atoms. The van der Waals surface area contributed by atoms with Gasteiger partial charge < -0.3 is 9.80 Å². The Labute approximate surface area is 391 Å². The smallest absolute Gasteiger partial charge is 0.307 e. The van der Waals surface area contributed by atoms with Crippen molar-refractivity contribution in [1.82, 2.24) is 0 Å². The maximum Gasteiger partial charge on any atom is 0.417 e. The van der Waals surface area contributed by atoms with Crippen molar-refractivity contribution in [2.75, 3.05) is 9.80 Å². The van der Waals surface area contributed by atoms with Crippen molar-refractivity contribution in [3.8, 4) is 34.4 Å². The maximum atomic E-state index is 16.8. The third-order valence-electron chi connectivity index (χ3n) is 12.2. The number of hydrogen-bond acceptors (Lipinski definition) is 4. The molecule has 0 amide bonds. The van der Waals surface area contributed by atoms with Crippen LogP contribution in [0.25, 0.3) is 54.6 Å². The molecule has 342 valence electrons. The molecule has 10 aromatic carbocycles. The van der Waals surface area contributed by atoms with Crippen molar-refractivity contribution >= 4 is 66.4 Å². The highest BCUT2D eigenvalue weighted by molar-refractivity contribution is 6.28. The van der Waals surface area contributed by atoms with Crippen molar-refractivity contribution in [3.05, 3.63) is 215 Å². The molecule has 0 unspecified atom stereocenters. The van der Waals surface area contributed by atoms with Gasteiger partial charge in [-0.25, -0.2) is 17.6 Å². The monoisotopic (exact) mass is 946 g/mol. The van der Waals surface area contributed by atoms with Crippen LogP contribution in [0, 0.1) is 45.9 Å². The average molecular weight is 947 g/mol. The quantitative estimate of drug-likeness (QED) is 0.112. The fraction of sp³-hybridized carbons (Fsp3) is 0.0357. The van der Waals surface area contributed by atoms with Crippen molar-refractivity contribution in [2.45, 2.75) is 12.4 Å². The Hall–Kier alpha value is -8.88. The molecular formula is C56H28F10N4. The van der Waals surface area contributed by atoms with Gasteiger partial charge in [0.25, 0.3) is 0 Å². The summed E-state index contributed by atoms with van der Waals surface area (Å²) in [7, 11) is 0. The molecule has 10 aromatic rings. The number of rotatable bonds is 8. The third-order valence-corrected chi connectivity index (χ3v) is 12.2. The van der Waals surface area contributed by atoms with Crippen molar-refractivity contribution in [3.63, 3.8) is 0 Å². The molecular weight excluding hydrogens is 919 g/mol. The summed E-state index contributed by atoms with van der Waals surface area (Å²) in [4.78, 5) is 2.68. The summed E-state index contributed by atoms with van der Waals surface area (Å²) in [5.74, 6) is -4.73. The van der Waals surface area contributed by atoms with Crippen LogP contribution >= 0.6 is 0 Å². The van der Waals surface area contributed by atoms with Crippen LogP contribution in [0.5, 0.6) is 0 Å². The van der Waals surface area contributed by atoms with Crippen LogP contribution in [0.2, 0.25) is 0 Å². The van der Waals surface area contributed by atoms with Gasteiger partial charge in [-0.3, -0.25) is 0 Å². The van der Waals surface area contributed by atoms with Crippen LogP contribution < -0.4 is 9.80 Å². The first-order chi connectivity index (χ1) is 33.5. The topological polar surface area (TPSA) is 54.1 Å². The first kappa shape index (κ1) is 44.9. The van der Waals surface area contributed by atoms with E-state index in [1.807, 2.05) is 12.1 Å². The van der Waals surface area contributed by atoms with Gasteiger partial charge in [0, 0.05) is 45.4 Å². The predicted molar refractivity (Wildman–Crippen MR) is 250 cm³/mol. The molecule has 14 heteroatoms. The van der Waals surface area contributed by atoms with Gasteiger partial charge in [0.2, 0.25) is 0 Å². The fourth-order valence-corrected chi connectivity index (χ4v) is 9.24. The van der Waals surface area contributed by atoms with Crippen LogP contribution in [-0.2, 0) is 12.4 Å². The molecule has 10 rings (SSSR count). The molecule has 0 bridgehead atoms. The summed E-state index contributed by atoms with van der Waals surface area (Å²) < 4.78 is 152. The standard InChI is InChI=1S/C56H28F10N4/c57-35-25-43(39-5-1-3-7-45(39)55(61,62)63)53(47(59)27-35)69(37-17-9-31(29-67)10-18-37)49-23-15-33-14-22-42-50(24-16-34-13-21-41(49)51(33)52(34)42)70(38-19-11-32(30-68)12-20-38)54-44(26-36(58)28-48(54)60)40-6-2-4-8-46(40)56(64,65)66/h1-28H. The molecule has 0 fully saturated rings. The molecule has 0 radical (unpaired) electrons. The zero-order valence-electron chi connectivity index (χ0n) is 35.7. The Kier molecular flexibility index (Phi) is 10.9. The highest BCUT2D eigenvalue weighted by Crippen LogP contribution is 2.52. The molecule has 0 saturated heterocycles. The van der Waals surface area contributed by atoms with E-state index in [1.165, 1.54) is 70.5 Å². The zero-order valence-corrected chi connectivity index (χ0v) is 35.7. The lowest BCUT2D eigenvalue weighted by Gasteiger charge is -2.31. The van der Waals surface area contributed by atoms with Gasteiger partial charge in [-0.2, -0.15) is 36.9 Å². The van der Waals surface area contributed by atoms with Crippen molar-refractivity contribution < 1.29 is 43.9 Å². The number of halogens is 10. The van der Waals surface area contributed by atoms with Crippen molar-refractivity contribution in [1.29, 1.82) is 10.5 Å². The maximum absolute atomic E-state index is 16.8. The second-order valence-corrected chi connectivity index (χ2v) is 16.2. The molecule has 0 aliphatic rings. The summed E-state index contributed by atoms with van der Waals surface area (Å²) in [5, 5.41) is 22.4. The highest BCUT2D eigenvalue weighted by atomic mass is 19.4. The minimum Gasteiger partial charge on any atom is -0.307 e. The Balaban J connectivity index is 1.28. The van der Waals surface area contributed by atoms with Gasteiger partial charge in [-0.05, 0) is 118 Å². The summed E-state index contributed by atoms with van der Waals surface area (Å²) >= 11 is 0. The van der Waals surface area contributed by atoms with E-state index >= 15 is 17.6 Å². The lowest BCUT2D eigenvalue weighted by atomic mass is 9.90. The third kappa shape index (κ3) is 7.69. The highest BCUT2D eigenvalue weighted by Gasteiger charge is 2.37. The largest absolute Gasteiger partial charge is 0.417 e. The summed E-state index contributed by atoms with van der Waals surface area (Å²) in [6.07, 6.45) is -9.88. The Morgan fingerprint density at radius 3 is 1.10 bits per heavy atom. The minimum absolute atomic E-state index is 0.177. The average Bonchev–Trinajstić information content (AvgIpc) is 3.34. The van der Waals surface area contributed by atoms with Crippen LogP contribution in [0.1, 0.15) is 22.3 Å². The van der Waals surface area contributed by atoms with Gasteiger partial charge in [-0.1, -0.05) is 72.8 Å². The summed E-state index contributed by atoms with van der Waals surface area (Å²) in [5.41, 5.74) is -3.95. The van der Waals surface area contributed by atoms with Crippen LogP contribution in [-0.4, -0.2) is 0 Å². The molecule has 0 aliphatic carbocycles. The van der Waals surface area contributed by atoms with E-state index in [-0.39, 0.29) is 33.9 Å². The van der Waals surface area contributed by atoms with Gasteiger partial charge >= 0.3 is 12.4 Å².